The van der Waals surface area contributed by atoms with Gasteiger partial charge in [0, 0.05) is 6.07 Å². The molecule has 4 nitrogen and oxygen atoms in total. The van der Waals surface area contributed by atoms with Crippen LogP contribution < -0.4 is 9.64 Å². The van der Waals surface area contributed by atoms with Crippen LogP contribution in [0.3, 0.4) is 0 Å². The number of carbonyl (C=O) groups is 1. The number of thiazole rings is 1. The number of amides is 1. The lowest BCUT2D eigenvalue weighted by atomic mass is 10.1. The van der Waals surface area contributed by atoms with Crippen LogP contribution in [-0.2, 0) is 24.2 Å². The summed E-state index contributed by atoms with van der Waals surface area (Å²) in [6.07, 6.45) is 1.33. The highest BCUT2D eigenvalue weighted by Crippen LogP contribution is 2.32. The van der Waals surface area contributed by atoms with E-state index in [1.165, 1.54) is 16.9 Å². The van der Waals surface area contributed by atoms with Gasteiger partial charge in [-0.3, -0.25) is 9.69 Å². The molecule has 0 aliphatic heterocycles. The fourth-order valence-corrected chi connectivity index (χ4v) is 4.29. The predicted octanol–water partition coefficient (Wildman–Crippen LogP) is 5.64. The number of anilines is 1. The van der Waals surface area contributed by atoms with Crippen LogP contribution in [-0.4, -0.2) is 18.0 Å². The van der Waals surface area contributed by atoms with Crippen molar-refractivity contribution in [3.05, 3.63) is 89.5 Å². The molecule has 30 heavy (non-hydrogen) atoms. The number of hydrogen-bond donors (Lipinski definition) is 0. The van der Waals surface area contributed by atoms with Crippen LogP contribution in [0.4, 0.5) is 5.13 Å². The maximum absolute atomic E-state index is 13.3. The molecule has 5 heteroatoms. The Kier molecular flexibility index (Phi) is 6.10. The number of aryl methyl sites for hydroxylation is 1. The van der Waals surface area contributed by atoms with Gasteiger partial charge in [0.25, 0.3) is 0 Å². The van der Waals surface area contributed by atoms with Crippen LogP contribution in [0.2, 0.25) is 0 Å². The van der Waals surface area contributed by atoms with Gasteiger partial charge in [0.15, 0.2) is 5.13 Å². The van der Waals surface area contributed by atoms with Crippen LogP contribution in [0.1, 0.15) is 23.6 Å². The number of nitrogens with zero attached hydrogens (tertiary/aromatic N) is 2. The third-order valence-electron chi connectivity index (χ3n) is 5.09. The summed E-state index contributed by atoms with van der Waals surface area (Å²) in [5.74, 6) is 0.797. The largest absolute Gasteiger partial charge is 0.497 e. The third kappa shape index (κ3) is 4.52. The van der Waals surface area contributed by atoms with Crippen molar-refractivity contribution in [3.63, 3.8) is 0 Å². The van der Waals surface area contributed by atoms with Crippen molar-refractivity contribution in [3.8, 4) is 5.75 Å². The SMILES string of the molecule is CCc1ccc(CC(=O)N(Cc2ccccc2)c2nc3cc(OC)ccc3s2)cc1. The van der Waals surface area contributed by atoms with Crippen molar-refractivity contribution in [2.75, 3.05) is 12.0 Å². The smallest absolute Gasteiger partial charge is 0.233 e. The Labute approximate surface area is 180 Å². The van der Waals surface area contributed by atoms with Gasteiger partial charge in [0.05, 0.1) is 30.3 Å². The lowest BCUT2D eigenvalue weighted by molar-refractivity contribution is -0.118. The molecule has 4 aromatic rings. The molecule has 3 aromatic carbocycles. The molecule has 152 valence electrons. The van der Waals surface area contributed by atoms with E-state index in [9.17, 15) is 4.79 Å². The second-order valence-electron chi connectivity index (χ2n) is 7.14. The predicted molar refractivity (Wildman–Crippen MR) is 123 cm³/mol. The maximum Gasteiger partial charge on any atom is 0.233 e. The summed E-state index contributed by atoms with van der Waals surface area (Å²) in [6.45, 7) is 2.62. The van der Waals surface area contributed by atoms with E-state index in [4.69, 9.17) is 9.72 Å². The molecule has 1 heterocycles. The van der Waals surface area contributed by atoms with E-state index < -0.39 is 0 Å². The summed E-state index contributed by atoms with van der Waals surface area (Å²) in [7, 11) is 1.64. The van der Waals surface area contributed by atoms with Crippen LogP contribution in [0.5, 0.6) is 5.75 Å². The Balaban J connectivity index is 1.65. The van der Waals surface area contributed by atoms with Gasteiger partial charge in [-0.2, -0.15) is 0 Å². The minimum Gasteiger partial charge on any atom is -0.497 e. The van der Waals surface area contributed by atoms with Gasteiger partial charge in [0.2, 0.25) is 5.91 Å². The van der Waals surface area contributed by atoms with E-state index in [0.717, 1.165) is 33.5 Å². The van der Waals surface area contributed by atoms with Gasteiger partial charge in [-0.05, 0) is 35.2 Å². The summed E-state index contributed by atoms with van der Waals surface area (Å²) in [4.78, 5) is 19.9. The summed E-state index contributed by atoms with van der Waals surface area (Å²) in [5, 5.41) is 0.706. The van der Waals surface area contributed by atoms with E-state index in [1.54, 1.807) is 12.0 Å². The minimum atomic E-state index is 0.0362. The first-order valence-electron chi connectivity index (χ1n) is 10.0. The summed E-state index contributed by atoms with van der Waals surface area (Å²) in [5.41, 5.74) is 4.20. The molecule has 4 rings (SSSR count). The van der Waals surface area contributed by atoms with E-state index >= 15 is 0 Å². The topological polar surface area (TPSA) is 42.4 Å². The number of rotatable bonds is 7. The summed E-state index contributed by atoms with van der Waals surface area (Å²) in [6, 6.07) is 24.1. The van der Waals surface area contributed by atoms with Crippen LogP contribution in [0, 0.1) is 0 Å². The van der Waals surface area contributed by atoms with Crippen LogP contribution >= 0.6 is 11.3 Å². The number of carbonyl (C=O) groups excluding carboxylic acids is 1. The van der Waals surface area contributed by atoms with Crippen molar-refractivity contribution >= 4 is 32.6 Å². The molecule has 0 saturated carbocycles. The van der Waals surface area contributed by atoms with E-state index in [1.807, 2.05) is 60.7 Å². The molecular weight excluding hydrogens is 392 g/mol. The number of ether oxygens (including phenoxy) is 1. The third-order valence-corrected chi connectivity index (χ3v) is 6.14. The Hall–Kier alpha value is -3.18. The van der Waals surface area contributed by atoms with E-state index in [2.05, 4.69) is 19.1 Å². The number of hydrogen-bond acceptors (Lipinski definition) is 4. The first kappa shape index (κ1) is 20.1. The zero-order chi connectivity index (χ0) is 20.9. The van der Waals surface area contributed by atoms with Gasteiger partial charge < -0.3 is 4.74 Å². The molecule has 0 radical (unpaired) electrons. The molecule has 0 bridgehead atoms. The van der Waals surface area contributed by atoms with Crippen LogP contribution in [0.15, 0.2) is 72.8 Å². The van der Waals surface area contributed by atoms with E-state index in [0.29, 0.717) is 18.1 Å². The minimum absolute atomic E-state index is 0.0362. The quantitative estimate of drug-likeness (QED) is 0.391. The van der Waals surface area contributed by atoms with E-state index in [-0.39, 0.29) is 5.91 Å². The first-order valence-corrected chi connectivity index (χ1v) is 10.8. The van der Waals surface area contributed by atoms with Gasteiger partial charge in [-0.15, -0.1) is 0 Å². The average Bonchev–Trinajstić information content (AvgIpc) is 3.21. The highest BCUT2D eigenvalue weighted by molar-refractivity contribution is 7.22. The van der Waals surface area contributed by atoms with Gasteiger partial charge in [-0.25, -0.2) is 4.98 Å². The first-order chi connectivity index (χ1) is 14.7. The van der Waals surface area contributed by atoms with Crippen molar-refractivity contribution in [1.29, 1.82) is 0 Å². The highest BCUT2D eigenvalue weighted by Gasteiger charge is 2.21. The van der Waals surface area contributed by atoms with Gasteiger partial charge in [-0.1, -0.05) is 72.9 Å². The molecule has 0 atom stereocenters. The number of benzene rings is 3. The maximum atomic E-state index is 13.3. The normalized spacial score (nSPS) is 10.9. The molecule has 0 unspecified atom stereocenters. The van der Waals surface area contributed by atoms with Gasteiger partial charge in [0.1, 0.15) is 5.75 Å². The second kappa shape index (κ2) is 9.09. The fraction of sp³-hybridized carbons (Fsp3) is 0.200. The highest BCUT2D eigenvalue weighted by atomic mass is 32.1. The molecule has 0 N–H and O–H groups in total. The molecule has 0 spiro atoms. The van der Waals surface area contributed by atoms with Crippen molar-refractivity contribution in [1.82, 2.24) is 4.98 Å². The molecule has 0 fully saturated rings. The lowest BCUT2D eigenvalue weighted by Gasteiger charge is -2.20. The molecule has 1 aromatic heterocycles. The Morgan fingerprint density at radius 2 is 1.70 bits per heavy atom. The molecule has 1 amide bonds. The van der Waals surface area contributed by atoms with Crippen molar-refractivity contribution in [2.24, 2.45) is 0 Å². The summed E-state index contributed by atoms with van der Waals surface area (Å²) < 4.78 is 6.35. The number of methoxy groups -OCH3 is 1. The number of aromatic nitrogens is 1. The molecule has 0 aliphatic carbocycles. The van der Waals surface area contributed by atoms with Crippen molar-refractivity contribution in [2.45, 2.75) is 26.3 Å². The average molecular weight is 417 g/mol. The molecular formula is C25H24N2O2S. The molecule has 0 aliphatic rings. The summed E-state index contributed by atoms with van der Waals surface area (Å²) >= 11 is 1.53. The monoisotopic (exact) mass is 416 g/mol. The second-order valence-corrected chi connectivity index (χ2v) is 8.15. The van der Waals surface area contributed by atoms with Crippen LogP contribution in [0.25, 0.3) is 10.2 Å². The zero-order valence-electron chi connectivity index (χ0n) is 17.2. The Morgan fingerprint density at radius 1 is 0.967 bits per heavy atom. The fourth-order valence-electron chi connectivity index (χ4n) is 3.33. The lowest BCUT2D eigenvalue weighted by Crippen LogP contribution is -2.31. The van der Waals surface area contributed by atoms with Gasteiger partial charge >= 0.3 is 0 Å². The van der Waals surface area contributed by atoms with Crippen molar-refractivity contribution < 1.29 is 9.53 Å². The zero-order valence-corrected chi connectivity index (χ0v) is 18.0. The Morgan fingerprint density at radius 3 is 2.40 bits per heavy atom. The standard InChI is InChI=1S/C25H24N2O2S/c1-3-18-9-11-19(12-10-18)15-24(28)27(17-20-7-5-4-6-8-20)25-26-22-16-21(29-2)13-14-23(22)30-25/h4-14,16H,3,15,17H2,1-2H3. The number of fused-ring (bicyclic) bond motifs is 1. The Bertz CT molecular complexity index is 1140. The molecule has 0 saturated heterocycles.